The van der Waals surface area contributed by atoms with Gasteiger partial charge in [-0.15, -0.1) is 0 Å². The normalized spacial score (nSPS) is 12.2. The molecule has 0 spiro atoms. The number of hydrogen-bond donors (Lipinski definition) is 1. The lowest BCUT2D eigenvalue weighted by molar-refractivity contribution is 0.411. The lowest BCUT2D eigenvalue weighted by atomic mass is 9.97. The van der Waals surface area contributed by atoms with E-state index in [0.29, 0.717) is 0 Å². The van der Waals surface area contributed by atoms with Crippen LogP contribution in [0, 0.1) is 6.92 Å². The SMILES string of the molecule is CCCNC(c1ccc(OC)c(C)c1)c1ccccc1Br. The third-order valence-corrected chi connectivity index (χ3v) is 4.29. The Balaban J connectivity index is 2.40. The maximum Gasteiger partial charge on any atom is 0.121 e. The van der Waals surface area contributed by atoms with Crippen LogP contribution in [-0.2, 0) is 0 Å². The molecule has 2 aromatic carbocycles. The zero-order valence-corrected chi connectivity index (χ0v) is 14.4. The summed E-state index contributed by atoms with van der Waals surface area (Å²) < 4.78 is 6.49. The van der Waals surface area contributed by atoms with E-state index in [4.69, 9.17) is 4.74 Å². The monoisotopic (exact) mass is 347 g/mol. The predicted molar refractivity (Wildman–Crippen MR) is 92.0 cm³/mol. The fourth-order valence-electron chi connectivity index (χ4n) is 2.49. The van der Waals surface area contributed by atoms with Crippen molar-refractivity contribution in [1.82, 2.24) is 5.32 Å². The van der Waals surface area contributed by atoms with Crippen molar-refractivity contribution in [2.24, 2.45) is 0 Å². The third kappa shape index (κ3) is 3.86. The Morgan fingerprint density at radius 3 is 2.57 bits per heavy atom. The first-order valence-electron chi connectivity index (χ1n) is 7.29. The van der Waals surface area contributed by atoms with Crippen molar-refractivity contribution in [3.63, 3.8) is 0 Å². The molecule has 0 aliphatic heterocycles. The highest BCUT2D eigenvalue weighted by molar-refractivity contribution is 9.10. The molecule has 0 saturated carbocycles. The average molecular weight is 348 g/mol. The Hall–Kier alpha value is -1.32. The van der Waals surface area contributed by atoms with Crippen molar-refractivity contribution in [2.75, 3.05) is 13.7 Å². The van der Waals surface area contributed by atoms with Gasteiger partial charge in [0.25, 0.3) is 0 Å². The lowest BCUT2D eigenvalue weighted by Gasteiger charge is -2.22. The second-order valence-corrected chi connectivity index (χ2v) is 5.99. The van der Waals surface area contributed by atoms with E-state index in [1.807, 2.05) is 12.1 Å². The number of aryl methyl sites for hydroxylation is 1. The van der Waals surface area contributed by atoms with Gasteiger partial charge in [0.05, 0.1) is 13.2 Å². The number of benzene rings is 2. The molecule has 3 heteroatoms. The molecular weight excluding hydrogens is 326 g/mol. The number of nitrogens with one attached hydrogen (secondary N) is 1. The van der Waals surface area contributed by atoms with Crippen LogP contribution in [0.2, 0.25) is 0 Å². The van der Waals surface area contributed by atoms with Crippen molar-refractivity contribution >= 4 is 15.9 Å². The van der Waals surface area contributed by atoms with Crippen LogP contribution in [0.15, 0.2) is 46.9 Å². The molecule has 0 aliphatic rings. The summed E-state index contributed by atoms with van der Waals surface area (Å²) in [5.41, 5.74) is 3.68. The fraction of sp³-hybridized carbons (Fsp3) is 0.333. The summed E-state index contributed by atoms with van der Waals surface area (Å²) in [7, 11) is 1.71. The van der Waals surface area contributed by atoms with E-state index in [9.17, 15) is 0 Å². The van der Waals surface area contributed by atoms with Gasteiger partial charge >= 0.3 is 0 Å². The molecule has 112 valence electrons. The van der Waals surface area contributed by atoms with Gasteiger partial charge in [-0.2, -0.15) is 0 Å². The molecule has 21 heavy (non-hydrogen) atoms. The molecule has 1 N–H and O–H groups in total. The first kappa shape index (κ1) is 16.1. The van der Waals surface area contributed by atoms with Crippen LogP contribution < -0.4 is 10.1 Å². The summed E-state index contributed by atoms with van der Waals surface area (Å²) in [4.78, 5) is 0. The van der Waals surface area contributed by atoms with Gasteiger partial charge in [-0.1, -0.05) is 53.2 Å². The minimum atomic E-state index is 0.185. The van der Waals surface area contributed by atoms with E-state index in [-0.39, 0.29) is 6.04 Å². The summed E-state index contributed by atoms with van der Waals surface area (Å²) >= 11 is 3.67. The van der Waals surface area contributed by atoms with Gasteiger partial charge in [-0.25, -0.2) is 0 Å². The van der Waals surface area contributed by atoms with Gasteiger partial charge in [-0.05, 0) is 48.7 Å². The summed E-state index contributed by atoms with van der Waals surface area (Å²) in [5.74, 6) is 0.931. The smallest absolute Gasteiger partial charge is 0.121 e. The largest absolute Gasteiger partial charge is 0.496 e. The molecule has 0 radical (unpaired) electrons. The van der Waals surface area contributed by atoms with Crippen molar-refractivity contribution < 1.29 is 4.74 Å². The predicted octanol–water partition coefficient (Wildman–Crippen LogP) is 4.86. The number of ether oxygens (including phenoxy) is 1. The molecule has 2 nitrogen and oxygen atoms in total. The first-order valence-corrected chi connectivity index (χ1v) is 8.09. The summed E-state index contributed by atoms with van der Waals surface area (Å²) in [6.07, 6.45) is 1.11. The quantitative estimate of drug-likeness (QED) is 0.805. The van der Waals surface area contributed by atoms with Crippen LogP contribution in [0.4, 0.5) is 0 Å². The van der Waals surface area contributed by atoms with Crippen molar-refractivity contribution in [3.05, 3.63) is 63.6 Å². The Bertz CT molecular complexity index is 598. The second kappa shape index (κ2) is 7.62. The summed E-state index contributed by atoms with van der Waals surface area (Å²) in [6.45, 7) is 5.25. The molecule has 0 saturated heterocycles. The molecule has 2 rings (SSSR count). The molecule has 0 amide bonds. The summed E-state index contributed by atoms with van der Waals surface area (Å²) in [5, 5.41) is 3.64. The highest BCUT2D eigenvalue weighted by Crippen LogP contribution is 2.31. The standard InChI is InChI=1S/C18H22BrNO/c1-4-11-20-18(15-7-5-6-8-16(15)19)14-9-10-17(21-3)13(2)12-14/h5-10,12,18,20H,4,11H2,1-3H3. The van der Waals surface area contributed by atoms with Crippen LogP contribution in [0.1, 0.15) is 36.1 Å². The molecule has 1 unspecified atom stereocenters. The van der Waals surface area contributed by atoms with E-state index in [1.165, 1.54) is 11.1 Å². The van der Waals surface area contributed by atoms with Gasteiger partial charge in [0.1, 0.15) is 5.75 Å². The Morgan fingerprint density at radius 2 is 1.95 bits per heavy atom. The molecule has 2 aromatic rings. The van der Waals surface area contributed by atoms with E-state index < -0.39 is 0 Å². The molecule has 0 heterocycles. The molecule has 0 bridgehead atoms. The minimum Gasteiger partial charge on any atom is -0.496 e. The zero-order chi connectivity index (χ0) is 15.2. The van der Waals surface area contributed by atoms with Crippen LogP contribution in [-0.4, -0.2) is 13.7 Å². The molecule has 0 fully saturated rings. The first-order chi connectivity index (χ1) is 10.2. The van der Waals surface area contributed by atoms with E-state index >= 15 is 0 Å². The molecular formula is C18H22BrNO. The van der Waals surface area contributed by atoms with Crippen LogP contribution in [0.5, 0.6) is 5.75 Å². The van der Waals surface area contributed by atoms with Crippen molar-refractivity contribution in [1.29, 1.82) is 0 Å². The maximum atomic E-state index is 5.36. The topological polar surface area (TPSA) is 21.3 Å². The lowest BCUT2D eigenvalue weighted by Crippen LogP contribution is -2.23. The van der Waals surface area contributed by atoms with Crippen LogP contribution >= 0.6 is 15.9 Å². The van der Waals surface area contributed by atoms with Gasteiger partial charge in [0, 0.05) is 4.47 Å². The number of hydrogen-bond acceptors (Lipinski definition) is 2. The number of halogens is 1. The van der Waals surface area contributed by atoms with E-state index in [0.717, 1.165) is 28.8 Å². The van der Waals surface area contributed by atoms with Gasteiger partial charge in [0.15, 0.2) is 0 Å². The molecule has 1 atom stereocenters. The van der Waals surface area contributed by atoms with E-state index in [2.05, 4.69) is 65.4 Å². The minimum absolute atomic E-state index is 0.185. The second-order valence-electron chi connectivity index (χ2n) is 5.14. The van der Waals surface area contributed by atoms with Crippen LogP contribution in [0.3, 0.4) is 0 Å². The van der Waals surface area contributed by atoms with E-state index in [1.54, 1.807) is 7.11 Å². The zero-order valence-electron chi connectivity index (χ0n) is 12.8. The van der Waals surface area contributed by atoms with Crippen molar-refractivity contribution in [2.45, 2.75) is 26.3 Å². The highest BCUT2D eigenvalue weighted by atomic mass is 79.9. The number of rotatable bonds is 6. The number of methoxy groups -OCH3 is 1. The Morgan fingerprint density at radius 1 is 1.19 bits per heavy atom. The van der Waals surface area contributed by atoms with Gasteiger partial charge in [0.2, 0.25) is 0 Å². The Kier molecular flexibility index (Phi) is 5.83. The molecule has 0 aliphatic carbocycles. The fourth-order valence-corrected chi connectivity index (χ4v) is 3.00. The highest BCUT2D eigenvalue weighted by Gasteiger charge is 2.16. The average Bonchev–Trinajstić information content (AvgIpc) is 2.49. The molecule has 0 aromatic heterocycles. The van der Waals surface area contributed by atoms with Gasteiger partial charge in [-0.3, -0.25) is 0 Å². The third-order valence-electron chi connectivity index (χ3n) is 3.57. The maximum absolute atomic E-state index is 5.36. The Labute approximate surface area is 135 Å². The van der Waals surface area contributed by atoms with Crippen LogP contribution in [0.25, 0.3) is 0 Å². The summed E-state index contributed by atoms with van der Waals surface area (Å²) in [6, 6.07) is 14.9. The van der Waals surface area contributed by atoms with Gasteiger partial charge < -0.3 is 10.1 Å². The van der Waals surface area contributed by atoms with Crippen molar-refractivity contribution in [3.8, 4) is 5.75 Å².